The summed E-state index contributed by atoms with van der Waals surface area (Å²) in [4.78, 5) is 21.6. The molecule has 9 nitrogen and oxygen atoms in total. The van der Waals surface area contributed by atoms with Crippen molar-refractivity contribution in [3.63, 3.8) is 0 Å². The van der Waals surface area contributed by atoms with Crippen molar-refractivity contribution in [2.45, 2.75) is 82.5 Å². The van der Waals surface area contributed by atoms with Crippen LogP contribution in [0.1, 0.15) is 76.2 Å². The van der Waals surface area contributed by atoms with Crippen molar-refractivity contribution in [2.24, 2.45) is 28.8 Å². The predicted molar refractivity (Wildman–Crippen MR) is 214 cm³/mol. The van der Waals surface area contributed by atoms with Crippen LogP contribution < -0.4 is 9.47 Å². The molecule has 4 aliphatic rings. The van der Waals surface area contributed by atoms with Crippen LogP contribution in [0.4, 0.5) is 0 Å². The van der Waals surface area contributed by atoms with Gasteiger partial charge in [0.05, 0.1) is 18.2 Å². The highest BCUT2D eigenvalue weighted by Crippen LogP contribution is 2.62. The van der Waals surface area contributed by atoms with E-state index in [0.717, 1.165) is 78.7 Å². The van der Waals surface area contributed by atoms with Gasteiger partial charge >= 0.3 is 0 Å². The molecule has 0 spiro atoms. The molecule has 1 amide bonds. The second-order valence-electron chi connectivity index (χ2n) is 15.4. The van der Waals surface area contributed by atoms with Gasteiger partial charge in [-0.25, -0.2) is 0 Å². The Bertz CT molecular complexity index is 1840. The van der Waals surface area contributed by atoms with Crippen LogP contribution in [0.25, 0.3) is 11.1 Å². The number of unbranched alkanes of at least 4 members (excludes halogenated alkanes) is 2. The van der Waals surface area contributed by atoms with Crippen LogP contribution in [0.2, 0.25) is 0 Å². The molecule has 7 rings (SSSR count). The van der Waals surface area contributed by atoms with Gasteiger partial charge in [-0.1, -0.05) is 72.6 Å². The van der Waals surface area contributed by atoms with Gasteiger partial charge in [0.25, 0.3) is 0 Å². The largest absolute Gasteiger partial charge is 0.459 e. The Kier molecular flexibility index (Phi) is 12.4. The van der Waals surface area contributed by atoms with Gasteiger partial charge in [0.1, 0.15) is 29.9 Å². The zero-order chi connectivity index (χ0) is 38.4. The maximum Gasteiger partial charge on any atom is 0.239 e. The van der Waals surface area contributed by atoms with E-state index in [1.165, 1.54) is 0 Å². The van der Waals surface area contributed by atoms with Crippen molar-refractivity contribution in [2.75, 3.05) is 33.5 Å². The average molecular weight is 749 g/mol. The van der Waals surface area contributed by atoms with E-state index in [-0.39, 0.29) is 55.3 Å². The number of aliphatic hydroxyl groups is 2. The summed E-state index contributed by atoms with van der Waals surface area (Å²) in [5.74, 6) is 0.884. The number of fused-ring (bicyclic) bond motifs is 2. The third-order valence-corrected chi connectivity index (χ3v) is 11.9. The molecule has 2 N–H and O–H groups in total. The van der Waals surface area contributed by atoms with Gasteiger partial charge < -0.3 is 34.2 Å². The molecule has 6 atom stereocenters. The molecular formula is C46H56N2O7. The van der Waals surface area contributed by atoms with Crippen LogP contribution in [-0.4, -0.2) is 72.0 Å². The van der Waals surface area contributed by atoms with Gasteiger partial charge in [0, 0.05) is 44.1 Å². The van der Waals surface area contributed by atoms with Gasteiger partial charge in [0.2, 0.25) is 11.7 Å². The minimum absolute atomic E-state index is 0.00676. The Hall–Kier alpha value is -4.44. The molecule has 2 fully saturated rings. The van der Waals surface area contributed by atoms with Crippen LogP contribution in [0.15, 0.2) is 102 Å². The van der Waals surface area contributed by atoms with Crippen LogP contribution in [0.3, 0.4) is 0 Å². The molecule has 9 heteroatoms. The number of ether oxygens (including phenoxy) is 3. The lowest BCUT2D eigenvalue weighted by Crippen LogP contribution is -2.69. The monoisotopic (exact) mass is 748 g/mol. The summed E-state index contributed by atoms with van der Waals surface area (Å²) in [5.41, 5.74) is 5.14. The fourth-order valence-corrected chi connectivity index (χ4v) is 9.19. The molecule has 3 aliphatic carbocycles. The average Bonchev–Trinajstić information content (AvgIpc) is 4.07. The Labute approximate surface area is 325 Å². The van der Waals surface area contributed by atoms with Gasteiger partial charge in [-0.3, -0.25) is 4.79 Å². The van der Waals surface area contributed by atoms with Crippen molar-refractivity contribution < 1.29 is 34.1 Å². The number of hydrogen-bond acceptors (Lipinski definition) is 8. The lowest BCUT2D eigenvalue weighted by Gasteiger charge is -2.59. The fourth-order valence-electron chi connectivity index (χ4n) is 9.19. The van der Waals surface area contributed by atoms with E-state index >= 15 is 0 Å². The van der Waals surface area contributed by atoms with Crippen LogP contribution in [0.5, 0.6) is 17.2 Å². The Balaban J connectivity index is 1.36. The lowest BCUT2D eigenvalue weighted by atomic mass is 9.55. The summed E-state index contributed by atoms with van der Waals surface area (Å²) in [6, 6.07) is 24.0. The van der Waals surface area contributed by atoms with Gasteiger partial charge in [-0.2, -0.15) is 0 Å². The molecule has 0 aromatic heterocycles. The number of carbonyl (C=O) groups excluding carboxylic acids is 1. The van der Waals surface area contributed by atoms with Crippen molar-refractivity contribution in [1.82, 2.24) is 4.90 Å². The second kappa shape index (κ2) is 17.6. The summed E-state index contributed by atoms with van der Waals surface area (Å²) in [7, 11) is 1.88. The molecule has 1 aliphatic heterocycles. The third kappa shape index (κ3) is 8.11. The fraction of sp³-hybridized carbons (Fsp3) is 0.478. The number of nitrogens with zero attached hydrogens (tertiary/aromatic N) is 2. The quantitative estimate of drug-likeness (QED) is 0.0762. The first-order chi connectivity index (χ1) is 26.9. The van der Waals surface area contributed by atoms with Crippen LogP contribution >= 0.6 is 0 Å². The van der Waals surface area contributed by atoms with Gasteiger partial charge in [-0.05, 0) is 104 Å². The first-order valence-electron chi connectivity index (χ1n) is 20.2. The maximum atomic E-state index is 13.9. The van der Waals surface area contributed by atoms with Crippen molar-refractivity contribution in [3.05, 3.63) is 103 Å². The summed E-state index contributed by atoms with van der Waals surface area (Å²) in [5, 5.41) is 24.4. The van der Waals surface area contributed by atoms with Crippen molar-refractivity contribution in [1.29, 1.82) is 0 Å². The first kappa shape index (κ1) is 38.8. The SMILES string of the molecule is C=CCOC12Oc3ccc(Oc4ccc(-c5ccccc5)cc4)cc3C3C(CCCCO)C(CCCCO)C=C(C(=NOCC)CC1N(C)C(=O)C1CC1)C32. The summed E-state index contributed by atoms with van der Waals surface area (Å²) < 4.78 is 20.8. The smallest absolute Gasteiger partial charge is 0.239 e. The number of likely N-dealkylation sites (N-methyl/N-ethyl adjacent to an activating group) is 1. The highest BCUT2D eigenvalue weighted by Gasteiger charge is 2.65. The molecule has 0 bridgehead atoms. The van der Waals surface area contributed by atoms with E-state index in [2.05, 4.69) is 43.0 Å². The number of amides is 1. The zero-order valence-corrected chi connectivity index (χ0v) is 32.3. The molecular weight excluding hydrogens is 693 g/mol. The van der Waals surface area contributed by atoms with E-state index in [4.69, 9.17) is 24.2 Å². The summed E-state index contributed by atoms with van der Waals surface area (Å²) >= 11 is 0. The molecule has 6 unspecified atom stereocenters. The minimum Gasteiger partial charge on any atom is -0.459 e. The lowest BCUT2D eigenvalue weighted by molar-refractivity contribution is -0.255. The summed E-state index contributed by atoms with van der Waals surface area (Å²) in [6.07, 6.45) is 11.2. The first-order valence-corrected chi connectivity index (χ1v) is 20.2. The molecule has 3 aromatic rings. The molecule has 1 heterocycles. The van der Waals surface area contributed by atoms with E-state index in [9.17, 15) is 15.0 Å². The minimum atomic E-state index is -1.23. The molecule has 55 heavy (non-hydrogen) atoms. The standard InChI is InChI=1S/C46H56N2O7/c1-4-27-52-46-42(48(3)45(51)33-17-18-33)30-40(47-53-5-2)38-28-34(15-9-11-25-49)37(16-10-12-26-50)43(44(38)46)39-29-36(23-24-41(39)55-46)54-35-21-19-32(20-22-35)31-13-7-6-8-14-31/h4,6-8,13-14,19-24,28-29,33-34,37,42-44,49-50H,1,5,9-12,15-18,25-27,30H2,2-3H3. The molecule has 0 radical (unpaired) electrons. The number of hydrogen-bond donors (Lipinski definition) is 2. The number of allylic oxidation sites excluding steroid dienone is 1. The molecule has 3 aromatic carbocycles. The van der Waals surface area contributed by atoms with Crippen LogP contribution in [0, 0.1) is 23.7 Å². The molecule has 2 saturated carbocycles. The molecule has 0 saturated heterocycles. The number of rotatable bonds is 18. The zero-order valence-electron chi connectivity index (χ0n) is 32.3. The highest BCUT2D eigenvalue weighted by molar-refractivity contribution is 6.03. The maximum absolute atomic E-state index is 13.9. The van der Waals surface area contributed by atoms with E-state index in [1.54, 1.807) is 6.08 Å². The van der Waals surface area contributed by atoms with Crippen molar-refractivity contribution >= 4 is 11.6 Å². The molecule has 292 valence electrons. The third-order valence-electron chi connectivity index (χ3n) is 11.9. The van der Waals surface area contributed by atoms with Gasteiger partial charge in [0.15, 0.2) is 0 Å². The Morgan fingerprint density at radius 3 is 2.36 bits per heavy atom. The Morgan fingerprint density at radius 2 is 1.67 bits per heavy atom. The number of carbonyl (C=O) groups is 1. The number of oxime groups is 1. The van der Waals surface area contributed by atoms with E-state index < -0.39 is 11.8 Å². The predicted octanol–water partition coefficient (Wildman–Crippen LogP) is 8.67. The normalized spacial score (nSPS) is 25.9. The van der Waals surface area contributed by atoms with Crippen LogP contribution in [-0.2, 0) is 14.4 Å². The van der Waals surface area contributed by atoms with Gasteiger partial charge in [-0.15, -0.1) is 6.58 Å². The van der Waals surface area contributed by atoms with Crippen molar-refractivity contribution in [3.8, 4) is 28.4 Å². The second-order valence-corrected chi connectivity index (χ2v) is 15.4. The topological polar surface area (TPSA) is 110 Å². The number of aliphatic hydroxyl groups excluding tert-OH is 2. The number of benzene rings is 3. The summed E-state index contributed by atoms with van der Waals surface area (Å²) in [6.45, 7) is 6.86. The van der Waals surface area contributed by atoms with E-state index in [0.29, 0.717) is 30.9 Å². The highest BCUT2D eigenvalue weighted by atomic mass is 16.7. The van der Waals surface area contributed by atoms with E-state index in [1.807, 2.05) is 61.3 Å². The Morgan fingerprint density at radius 1 is 0.964 bits per heavy atom.